The van der Waals surface area contributed by atoms with Crippen LogP contribution in [0.1, 0.15) is 74.5 Å². The lowest BCUT2D eigenvalue weighted by Crippen LogP contribution is -2.53. The molecule has 0 bridgehead atoms. The van der Waals surface area contributed by atoms with Gasteiger partial charge in [-0.1, -0.05) is 25.7 Å². The third-order valence-corrected chi connectivity index (χ3v) is 6.30. The molecule has 2 aromatic rings. The molecule has 0 unspecified atom stereocenters. The van der Waals surface area contributed by atoms with Crippen LogP contribution in [0.3, 0.4) is 0 Å². The number of nitrogens with zero attached hydrogens (tertiary/aromatic N) is 2. The number of benzene rings is 1. The van der Waals surface area contributed by atoms with Gasteiger partial charge in [0.1, 0.15) is 11.4 Å². The van der Waals surface area contributed by atoms with Crippen molar-refractivity contribution in [3.05, 3.63) is 39.9 Å². The molecule has 1 fully saturated rings. The minimum atomic E-state index is -0.957. The van der Waals surface area contributed by atoms with Crippen molar-refractivity contribution < 1.29 is 14.3 Å². The van der Waals surface area contributed by atoms with E-state index in [4.69, 9.17) is 9.72 Å². The average molecular weight is 412 g/mol. The topological polar surface area (TPSA) is 90.3 Å². The van der Waals surface area contributed by atoms with Gasteiger partial charge in [-0.2, -0.15) is 0 Å². The zero-order chi connectivity index (χ0) is 21.1. The Morgan fingerprint density at radius 1 is 1.13 bits per heavy atom. The van der Waals surface area contributed by atoms with Crippen molar-refractivity contribution in [2.24, 2.45) is 0 Å². The molecular weight excluding hydrogens is 382 g/mol. The van der Waals surface area contributed by atoms with Gasteiger partial charge in [0.25, 0.3) is 11.5 Å². The summed E-state index contributed by atoms with van der Waals surface area (Å²) in [6.07, 6.45) is 7.96. The van der Waals surface area contributed by atoms with Gasteiger partial charge in [0.05, 0.1) is 17.5 Å². The second kappa shape index (κ2) is 8.58. The molecule has 1 amide bonds. The Balaban J connectivity index is 1.66. The Morgan fingerprint density at radius 2 is 1.90 bits per heavy atom. The minimum absolute atomic E-state index is 0.0392. The maximum atomic E-state index is 13.0. The first-order valence-electron chi connectivity index (χ1n) is 11.1. The zero-order valence-electron chi connectivity index (χ0n) is 17.5. The predicted molar refractivity (Wildman–Crippen MR) is 113 cm³/mol. The van der Waals surface area contributed by atoms with Crippen molar-refractivity contribution in [2.75, 3.05) is 6.61 Å². The number of esters is 1. The van der Waals surface area contributed by atoms with Crippen LogP contribution in [-0.2, 0) is 22.5 Å². The predicted octanol–water partition coefficient (Wildman–Crippen LogP) is 3.12. The number of hydrogen-bond acceptors (Lipinski definition) is 5. The van der Waals surface area contributed by atoms with Gasteiger partial charge >= 0.3 is 5.97 Å². The maximum absolute atomic E-state index is 13.0. The number of fused-ring (bicyclic) bond motifs is 2. The molecule has 1 aliphatic carbocycles. The lowest BCUT2D eigenvalue weighted by Gasteiger charge is -2.27. The summed E-state index contributed by atoms with van der Waals surface area (Å²) < 4.78 is 7.01. The van der Waals surface area contributed by atoms with Gasteiger partial charge in [-0.05, 0) is 50.8 Å². The fourth-order valence-electron chi connectivity index (χ4n) is 4.65. The van der Waals surface area contributed by atoms with Crippen LogP contribution in [-0.4, -0.2) is 33.6 Å². The molecule has 30 heavy (non-hydrogen) atoms. The third kappa shape index (κ3) is 3.85. The van der Waals surface area contributed by atoms with Crippen molar-refractivity contribution in [1.82, 2.24) is 14.9 Å². The summed E-state index contributed by atoms with van der Waals surface area (Å²) in [5.74, 6) is 0.0958. The second-order valence-corrected chi connectivity index (χ2v) is 8.34. The van der Waals surface area contributed by atoms with Crippen molar-refractivity contribution in [3.63, 3.8) is 0 Å². The first-order chi connectivity index (χ1) is 14.5. The first kappa shape index (κ1) is 20.6. The normalized spacial score (nSPS) is 18.3. The number of aryl methyl sites for hydroxylation is 1. The SMILES string of the molecule is CCOC(=O)C1(NC(=O)c2ccc3c(=O)n4c(nc3c2)CCCCCC4)CCCC1. The van der Waals surface area contributed by atoms with Crippen LogP contribution in [0.4, 0.5) is 0 Å². The smallest absolute Gasteiger partial charge is 0.331 e. The van der Waals surface area contributed by atoms with Gasteiger partial charge in [-0.3, -0.25) is 14.2 Å². The van der Waals surface area contributed by atoms with Crippen LogP contribution < -0.4 is 10.9 Å². The van der Waals surface area contributed by atoms with E-state index in [0.29, 0.717) is 35.9 Å². The van der Waals surface area contributed by atoms with E-state index in [-0.39, 0.29) is 24.0 Å². The Hall–Kier alpha value is -2.70. The molecule has 1 aromatic heterocycles. The first-order valence-corrected chi connectivity index (χ1v) is 11.1. The van der Waals surface area contributed by atoms with E-state index in [1.54, 1.807) is 29.7 Å². The molecule has 1 aromatic carbocycles. The number of nitrogens with one attached hydrogen (secondary N) is 1. The van der Waals surface area contributed by atoms with Gasteiger partial charge < -0.3 is 10.1 Å². The molecule has 4 rings (SSSR count). The number of amides is 1. The number of ether oxygens (including phenoxy) is 1. The highest BCUT2D eigenvalue weighted by atomic mass is 16.5. The molecule has 7 nitrogen and oxygen atoms in total. The van der Waals surface area contributed by atoms with Gasteiger partial charge in [0.15, 0.2) is 0 Å². The highest BCUT2D eigenvalue weighted by Gasteiger charge is 2.44. The molecule has 0 spiro atoms. The van der Waals surface area contributed by atoms with Gasteiger partial charge in [-0.15, -0.1) is 0 Å². The van der Waals surface area contributed by atoms with E-state index in [9.17, 15) is 14.4 Å². The van der Waals surface area contributed by atoms with Crippen molar-refractivity contribution >= 4 is 22.8 Å². The van der Waals surface area contributed by atoms with Gasteiger partial charge in [-0.25, -0.2) is 9.78 Å². The van der Waals surface area contributed by atoms with E-state index >= 15 is 0 Å². The second-order valence-electron chi connectivity index (χ2n) is 8.34. The molecule has 7 heteroatoms. The molecular formula is C23H29N3O4. The summed E-state index contributed by atoms with van der Waals surface area (Å²) in [5, 5.41) is 3.45. The van der Waals surface area contributed by atoms with Crippen LogP contribution in [0.5, 0.6) is 0 Å². The van der Waals surface area contributed by atoms with Crippen molar-refractivity contribution in [3.8, 4) is 0 Å². The standard InChI is InChI=1S/C23H29N3O4/c1-2-30-22(29)23(12-6-7-13-23)25-20(27)16-10-11-17-18(15-16)24-19-9-5-3-4-8-14-26(19)21(17)28/h10-11,15H,2-9,12-14H2,1H3,(H,25,27). The lowest BCUT2D eigenvalue weighted by atomic mass is 9.97. The Kier molecular flexibility index (Phi) is 5.88. The molecule has 1 saturated carbocycles. The zero-order valence-corrected chi connectivity index (χ0v) is 17.5. The minimum Gasteiger partial charge on any atom is -0.464 e. The average Bonchev–Trinajstić information content (AvgIpc) is 3.19. The van der Waals surface area contributed by atoms with Crippen LogP contribution in [0, 0.1) is 0 Å². The Morgan fingerprint density at radius 3 is 2.67 bits per heavy atom. The highest BCUT2D eigenvalue weighted by molar-refractivity contribution is 6.00. The summed E-state index contributed by atoms with van der Waals surface area (Å²) in [7, 11) is 0. The fraction of sp³-hybridized carbons (Fsp3) is 0.565. The van der Waals surface area contributed by atoms with E-state index in [2.05, 4.69) is 5.32 Å². The molecule has 0 atom stereocenters. The van der Waals surface area contributed by atoms with E-state index in [1.165, 1.54) is 0 Å². The summed E-state index contributed by atoms with van der Waals surface area (Å²) in [5.41, 5.74) is -0.0550. The quantitative estimate of drug-likeness (QED) is 0.781. The van der Waals surface area contributed by atoms with Crippen molar-refractivity contribution in [1.29, 1.82) is 0 Å². The maximum Gasteiger partial charge on any atom is 0.331 e. The van der Waals surface area contributed by atoms with Crippen LogP contribution in [0.2, 0.25) is 0 Å². The molecule has 0 saturated heterocycles. The Bertz CT molecular complexity index is 1020. The van der Waals surface area contributed by atoms with Crippen LogP contribution in [0.15, 0.2) is 23.0 Å². The monoisotopic (exact) mass is 411 g/mol. The molecule has 160 valence electrons. The molecule has 1 N–H and O–H groups in total. The lowest BCUT2D eigenvalue weighted by molar-refractivity contribution is -0.150. The number of carbonyl (C=O) groups is 2. The van der Waals surface area contributed by atoms with Gasteiger partial charge in [0.2, 0.25) is 0 Å². The third-order valence-electron chi connectivity index (χ3n) is 6.30. The van der Waals surface area contributed by atoms with E-state index in [0.717, 1.165) is 50.8 Å². The number of rotatable bonds is 4. The van der Waals surface area contributed by atoms with E-state index < -0.39 is 5.54 Å². The summed E-state index contributed by atoms with van der Waals surface area (Å²) in [6.45, 7) is 2.74. The molecule has 1 aliphatic heterocycles. The number of carbonyl (C=O) groups excluding carboxylic acids is 2. The number of hydrogen-bond donors (Lipinski definition) is 1. The fourth-order valence-corrected chi connectivity index (χ4v) is 4.65. The summed E-state index contributed by atoms with van der Waals surface area (Å²) in [4.78, 5) is 43.2. The molecule has 0 radical (unpaired) electrons. The van der Waals surface area contributed by atoms with E-state index in [1.807, 2.05) is 0 Å². The van der Waals surface area contributed by atoms with Crippen LogP contribution in [0.25, 0.3) is 10.9 Å². The van der Waals surface area contributed by atoms with Crippen LogP contribution >= 0.6 is 0 Å². The Labute approximate surface area is 175 Å². The highest BCUT2D eigenvalue weighted by Crippen LogP contribution is 2.31. The summed E-state index contributed by atoms with van der Waals surface area (Å²) >= 11 is 0. The van der Waals surface area contributed by atoms with Crippen molar-refractivity contribution in [2.45, 2.75) is 76.8 Å². The molecule has 2 heterocycles. The van der Waals surface area contributed by atoms with Gasteiger partial charge in [0, 0.05) is 18.5 Å². The largest absolute Gasteiger partial charge is 0.464 e. The summed E-state index contributed by atoms with van der Waals surface area (Å²) in [6, 6.07) is 4.99. The molecule has 2 aliphatic rings. The number of aromatic nitrogens is 2.